The summed E-state index contributed by atoms with van der Waals surface area (Å²) < 4.78 is 30.5. The molecule has 1 aromatic carbocycles. The standard InChI is InChI=1S/C12H13BrClN3O3S/c1-20-7-6-17-11(15-16-12(17)21(14,18)19)8-9-2-4-10(13)5-3-9/h2-5H,6-8H2,1H3. The third-order valence-electron chi connectivity index (χ3n) is 2.81. The summed E-state index contributed by atoms with van der Waals surface area (Å²) in [7, 11) is 2.97. The Bertz CT molecular complexity index is 716. The summed E-state index contributed by atoms with van der Waals surface area (Å²) in [6, 6.07) is 7.66. The van der Waals surface area contributed by atoms with Crippen molar-refractivity contribution in [3.63, 3.8) is 0 Å². The van der Waals surface area contributed by atoms with Crippen LogP contribution in [0.15, 0.2) is 33.9 Å². The van der Waals surface area contributed by atoms with Crippen LogP contribution in [0, 0.1) is 0 Å². The van der Waals surface area contributed by atoms with Gasteiger partial charge in [0.2, 0.25) is 0 Å². The van der Waals surface area contributed by atoms with Crippen LogP contribution in [0.1, 0.15) is 11.4 Å². The summed E-state index contributed by atoms with van der Waals surface area (Å²) in [5, 5.41) is 7.36. The summed E-state index contributed by atoms with van der Waals surface area (Å²) >= 11 is 3.36. The molecule has 0 amide bonds. The number of hydrogen-bond donors (Lipinski definition) is 0. The van der Waals surface area contributed by atoms with Crippen molar-refractivity contribution in [3.05, 3.63) is 40.1 Å². The number of aromatic nitrogens is 3. The summed E-state index contributed by atoms with van der Waals surface area (Å²) in [5.41, 5.74) is 0.989. The Balaban J connectivity index is 2.34. The van der Waals surface area contributed by atoms with Gasteiger partial charge in [0.15, 0.2) is 0 Å². The van der Waals surface area contributed by atoms with E-state index in [0.717, 1.165) is 10.0 Å². The number of hydrogen-bond acceptors (Lipinski definition) is 5. The molecule has 0 aliphatic carbocycles. The number of rotatable bonds is 6. The van der Waals surface area contributed by atoms with Crippen LogP contribution >= 0.6 is 26.6 Å². The Labute approximate surface area is 135 Å². The molecular weight excluding hydrogens is 382 g/mol. The Morgan fingerprint density at radius 1 is 1.29 bits per heavy atom. The van der Waals surface area contributed by atoms with E-state index in [9.17, 15) is 8.42 Å². The molecule has 0 bridgehead atoms. The minimum absolute atomic E-state index is 0.256. The molecule has 6 nitrogen and oxygen atoms in total. The van der Waals surface area contributed by atoms with Crippen LogP contribution in [0.2, 0.25) is 0 Å². The lowest BCUT2D eigenvalue weighted by Gasteiger charge is -2.08. The van der Waals surface area contributed by atoms with Crippen molar-refractivity contribution in [2.45, 2.75) is 18.1 Å². The van der Waals surface area contributed by atoms with Gasteiger partial charge in [-0.25, -0.2) is 8.42 Å². The Morgan fingerprint density at radius 3 is 2.52 bits per heavy atom. The molecule has 0 atom stereocenters. The Hall–Kier alpha value is -0.960. The molecule has 1 heterocycles. The highest BCUT2D eigenvalue weighted by molar-refractivity contribution is 9.10. The predicted molar refractivity (Wildman–Crippen MR) is 81.9 cm³/mol. The molecule has 2 rings (SSSR count). The van der Waals surface area contributed by atoms with Gasteiger partial charge in [0, 0.05) is 35.2 Å². The highest BCUT2D eigenvalue weighted by Gasteiger charge is 2.22. The highest BCUT2D eigenvalue weighted by Crippen LogP contribution is 2.18. The molecule has 1 aromatic heterocycles. The molecule has 0 fully saturated rings. The molecule has 0 saturated carbocycles. The normalized spacial score (nSPS) is 11.8. The minimum Gasteiger partial charge on any atom is -0.383 e. The molecule has 0 aliphatic rings. The van der Waals surface area contributed by atoms with Gasteiger partial charge in [-0.1, -0.05) is 28.1 Å². The molecule has 114 valence electrons. The number of methoxy groups -OCH3 is 1. The predicted octanol–water partition coefficient (Wildman–Crippen LogP) is 2.21. The average molecular weight is 395 g/mol. The molecule has 0 saturated heterocycles. The van der Waals surface area contributed by atoms with E-state index in [4.69, 9.17) is 15.4 Å². The second kappa shape index (κ2) is 6.87. The average Bonchev–Trinajstić information content (AvgIpc) is 2.82. The summed E-state index contributed by atoms with van der Waals surface area (Å²) in [5.74, 6) is 0.522. The number of benzene rings is 1. The lowest BCUT2D eigenvalue weighted by atomic mass is 10.1. The van der Waals surface area contributed by atoms with Gasteiger partial charge in [-0.05, 0) is 17.7 Å². The topological polar surface area (TPSA) is 74.1 Å². The molecule has 0 radical (unpaired) electrons. The lowest BCUT2D eigenvalue weighted by molar-refractivity contribution is 0.183. The van der Waals surface area contributed by atoms with Gasteiger partial charge in [-0.2, -0.15) is 0 Å². The van der Waals surface area contributed by atoms with Crippen LogP contribution in [-0.4, -0.2) is 36.9 Å². The first-order chi connectivity index (χ1) is 9.91. The van der Waals surface area contributed by atoms with Gasteiger partial charge < -0.3 is 4.74 Å². The zero-order valence-electron chi connectivity index (χ0n) is 11.2. The molecule has 0 aliphatic heterocycles. The zero-order valence-corrected chi connectivity index (χ0v) is 14.3. The first kappa shape index (κ1) is 16.4. The molecule has 0 unspecified atom stereocenters. The van der Waals surface area contributed by atoms with E-state index in [0.29, 0.717) is 25.4 Å². The van der Waals surface area contributed by atoms with Crippen molar-refractivity contribution in [2.24, 2.45) is 0 Å². The Kier molecular flexibility index (Phi) is 5.37. The van der Waals surface area contributed by atoms with Crippen LogP contribution in [0.5, 0.6) is 0 Å². The van der Waals surface area contributed by atoms with Gasteiger partial charge in [0.05, 0.1) is 6.61 Å². The van der Waals surface area contributed by atoms with E-state index in [2.05, 4.69) is 26.1 Å². The van der Waals surface area contributed by atoms with Crippen LogP contribution < -0.4 is 0 Å². The van der Waals surface area contributed by atoms with Crippen molar-refractivity contribution in [1.29, 1.82) is 0 Å². The molecule has 0 spiro atoms. The molecule has 2 aromatic rings. The van der Waals surface area contributed by atoms with Crippen molar-refractivity contribution in [2.75, 3.05) is 13.7 Å². The van der Waals surface area contributed by atoms with Crippen molar-refractivity contribution < 1.29 is 13.2 Å². The first-order valence-corrected chi connectivity index (χ1v) is 9.12. The minimum atomic E-state index is -3.94. The van der Waals surface area contributed by atoms with E-state index >= 15 is 0 Å². The molecule has 21 heavy (non-hydrogen) atoms. The van der Waals surface area contributed by atoms with Crippen LogP contribution in [0.4, 0.5) is 0 Å². The van der Waals surface area contributed by atoms with Gasteiger partial charge in [0.1, 0.15) is 5.82 Å². The fraction of sp³-hybridized carbons (Fsp3) is 0.333. The maximum absolute atomic E-state index is 11.5. The number of ether oxygens (including phenoxy) is 1. The second-order valence-corrected chi connectivity index (χ2v) is 7.66. The van der Waals surface area contributed by atoms with E-state index in [1.165, 1.54) is 11.7 Å². The summed E-state index contributed by atoms with van der Waals surface area (Å²) in [4.78, 5) is 0. The zero-order chi connectivity index (χ0) is 15.5. The third kappa shape index (κ3) is 4.26. The fourth-order valence-corrected chi connectivity index (χ4v) is 3.03. The molecular formula is C12H13BrClN3O3S. The van der Waals surface area contributed by atoms with Gasteiger partial charge in [-0.3, -0.25) is 4.57 Å². The second-order valence-electron chi connectivity index (χ2n) is 4.28. The fourth-order valence-electron chi connectivity index (χ4n) is 1.82. The Morgan fingerprint density at radius 2 is 1.95 bits per heavy atom. The maximum Gasteiger partial charge on any atom is 0.296 e. The van der Waals surface area contributed by atoms with E-state index in [-0.39, 0.29) is 5.16 Å². The van der Waals surface area contributed by atoms with Crippen molar-refractivity contribution in [1.82, 2.24) is 14.8 Å². The molecule has 9 heteroatoms. The number of halogens is 2. The first-order valence-electron chi connectivity index (χ1n) is 6.02. The van der Waals surface area contributed by atoms with Crippen LogP contribution in [0.3, 0.4) is 0 Å². The van der Waals surface area contributed by atoms with E-state index in [1.54, 1.807) is 0 Å². The monoisotopic (exact) mass is 393 g/mol. The van der Waals surface area contributed by atoms with Crippen LogP contribution in [0.25, 0.3) is 0 Å². The van der Waals surface area contributed by atoms with E-state index in [1.807, 2.05) is 24.3 Å². The molecule has 0 N–H and O–H groups in total. The highest BCUT2D eigenvalue weighted by atomic mass is 79.9. The third-order valence-corrected chi connectivity index (χ3v) is 4.49. The lowest BCUT2D eigenvalue weighted by Crippen LogP contribution is -2.13. The van der Waals surface area contributed by atoms with E-state index < -0.39 is 9.05 Å². The summed E-state index contributed by atoms with van der Waals surface area (Å²) in [6.45, 7) is 0.654. The van der Waals surface area contributed by atoms with Gasteiger partial charge in [-0.15, -0.1) is 10.2 Å². The van der Waals surface area contributed by atoms with Crippen molar-refractivity contribution >= 4 is 35.7 Å². The quantitative estimate of drug-likeness (QED) is 0.702. The largest absolute Gasteiger partial charge is 0.383 e. The maximum atomic E-state index is 11.5. The summed E-state index contributed by atoms with van der Waals surface area (Å²) in [6.07, 6.45) is 0.455. The number of nitrogens with zero attached hydrogens (tertiary/aromatic N) is 3. The van der Waals surface area contributed by atoms with Crippen molar-refractivity contribution in [3.8, 4) is 0 Å². The SMILES string of the molecule is COCCn1c(Cc2ccc(Br)cc2)nnc1S(=O)(=O)Cl. The van der Waals surface area contributed by atoms with Gasteiger partial charge >= 0.3 is 0 Å². The van der Waals surface area contributed by atoms with Crippen LogP contribution in [-0.2, 0) is 26.8 Å². The van der Waals surface area contributed by atoms with Gasteiger partial charge in [0.25, 0.3) is 14.2 Å². The smallest absolute Gasteiger partial charge is 0.296 e.